The zero-order chi connectivity index (χ0) is 15.7. The molecule has 1 aromatic rings. The number of thioether (sulfide) groups is 2. The van der Waals surface area contributed by atoms with Gasteiger partial charge in [-0.1, -0.05) is 6.07 Å². The van der Waals surface area contributed by atoms with Crippen molar-refractivity contribution in [2.24, 2.45) is 0 Å². The van der Waals surface area contributed by atoms with Crippen molar-refractivity contribution < 1.29 is 4.92 Å². The lowest BCUT2D eigenvalue weighted by molar-refractivity contribution is -0.403. The van der Waals surface area contributed by atoms with Gasteiger partial charge in [0.1, 0.15) is 5.03 Å². The van der Waals surface area contributed by atoms with Crippen molar-refractivity contribution in [1.82, 2.24) is 15.2 Å². The zero-order valence-electron chi connectivity index (χ0n) is 12.4. The van der Waals surface area contributed by atoms with Crippen LogP contribution in [0.3, 0.4) is 0 Å². The summed E-state index contributed by atoms with van der Waals surface area (Å²) in [6.45, 7) is 1.47. The highest BCUT2D eigenvalue weighted by Crippen LogP contribution is 2.16. The van der Waals surface area contributed by atoms with E-state index in [9.17, 15) is 10.1 Å². The number of rotatable bonds is 9. The molecule has 116 valence electrons. The second-order valence-electron chi connectivity index (χ2n) is 4.46. The Bertz CT molecular complexity index is 495. The quantitative estimate of drug-likeness (QED) is 0.323. The minimum absolute atomic E-state index is 0.446. The largest absolute Gasteiger partial charge is 0.374 e. The molecule has 1 aromatic heterocycles. The van der Waals surface area contributed by atoms with Gasteiger partial charge in [0.2, 0.25) is 0 Å². The Hall–Kier alpha value is -1.25. The van der Waals surface area contributed by atoms with Crippen LogP contribution in [-0.4, -0.2) is 47.5 Å². The van der Waals surface area contributed by atoms with Crippen LogP contribution in [0.2, 0.25) is 0 Å². The molecule has 0 unspecified atom stereocenters. The first-order chi connectivity index (χ1) is 10.0. The number of nitrogens with zero attached hydrogens (tertiary/aromatic N) is 3. The molecule has 1 N–H and O–H groups in total. The Labute approximate surface area is 133 Å². The van der Waals surface area contributed by atoms with E-state index in [0.29, 0.717) is 11.6 Å². The zero-order valence-corrected chi connectivity index (χ0v) is 14.0. The molecule has 6 nitrogen and oxygen atoms in total. The predicted octanol–water partition coefficient (Wildman–Crippen LogP) is 2.26. The summed E-state index contributed by atoms with van der Waals surface area (Å²) in [6.07, 6.45) is 2.80. The fourth-order valence-corrected chi connectivity index (χ4v) is 2.75. The van der Waals surface area contributed by atoms with Crippen LogP contribution in [-0.2, 0) is 6.54 Å². The topological polar surface area (TPSA) is 71.3 Å². The molecule has 0 aliphatic rings. The van der Waals surface area contributed by atoms with Crippen molar-refractivity contribution in [2.75, 3.05) is 32.6 Å². The van der Waals surface area contributed by atoms with Crippen LogP contribution in [0.1, 0.15) is 5.69 Å². The van der Waals surface area contributed by atoms with Crippen molar-refractivity contribution in [3.63, 3.8) is 0 Å². The van der Waals surface area contributed by atoms with Crippen LogP contribution >= 0.6 is 23.5 Å². The first kappa shape index (κ1) is 17.8. The molecule has 1 heterocycles. The van der Waals surface area contributed by atoms with Gasteiger partial charge in [-0.2, -0.15) is 0 Å². The molecule has 0 amide bonds. The average molecular weight is 328 g/mol. The van der Waals surface area contributed by atoms with Gasteiger partial charge in [-0.25, -0.2) is 4.98 Å². The summed E-state index contributed by atoms with van der Waals surface area (Å²) in [5, 5.41) is 15.0. The van der Waals surface area contributed by atoms with Crippen molar-refractivity contribution in [2.45, 2.75) is 11.6 Å². The van der Waals surface area contributed by atoms with E-state index in [2.05, 4.69) is 15.2 Å². The Balaban J connectivity index is 2.40. The Morgan fingerprint density at radius 2 is 2.29 bits per heavy atom. The molecule has 0 aliphatic carbocycles. The van der Waals surface area contributed by atoms with E-state index in [-0.39, 0.29) is 0 Å². The lowest BCUT2D eigenvalue weighted by atomic mass is 10.3. The second kappa shape index (κ2) is 9.64. The summed E-state index contributed by atoms with van der Waals surface area (Å²) in [7, 11) is 4.02. The summed E-state index contributed by atoms with van der Waals surface area (Å²) < 4.78 is 0. The fourth-order valence-electron chi connectivity index (χ4n) is 1.55. The monoisotopic (exact) mass is 328 g/mol. The van der Waals surface area contributed by atoms with Gasteiger partial charge >= 0.3 is 0 Å². The third kappa shape index (κ3) is 7.93. The van der Waals surface area contributed by atoms with E-state index < -0.39 is 4.92 Å². The molecule has 0 aromatic carbocycles. The van der Waals surface area contributed by atoms with E-state index >= 15 is 0 Å². The highest BCUT2D eigenvalue weighted by atomic mass is 32.2. The van der Waals surface area contributed by atoms with E-state index in [0.717, 1.165) is 29.2 Å². The SMILES string of the molecule is CS/C(=C\[N+](=O)[O-])NCCSc1cccc(CN(C)C)n1. The Morgan fingerprint density at radius 3 is 2.90 bits per heavy atom. The van der Waals surface area contributed by atoms with Crippen LogP contribution in [0.15, 0.2) is 34.5 Å². The van der Waals surface area contributed by atoms with Crippen LogP contribution < -0.4 is 5.32 Å². The molecular weight excluding hydrogens is 308 g/mol. The Kier molecular flexibility index (Phi) is 8.17. The van der Waals surface area contributed by atoms with Crippen LogP contribution in [0, 0.1) is 10.1 Å². The van der Waals surface area contributed by atoms with E-state index in [1.165, 1.54) is 11.8 Å². The van der Waals surface area contributed by atoms with Crippen LogP contribution in [0.4, 0.5) is 0 Å². The summed E-state index contributed by atoms with van der Waals surface area (Å²) >= 11 is 2.97. The summed E-state index contributed by atoms with van der Waals surface area (Å²) in [4.78, 5) is 16.6. The molecule has 0 atom stereocenters. The smallest absolute Gasteiger partial charge is 0.263 e. The molecule has 0 saturated carbocycles. The Morgan fingerprint density at radius 1 is 1.52 bits per heavy atom. The maximum absolute atomic E-state index is 10.4. The number of hydrogen-bond acceptors (Lipinski definition) is 7. The van der Waals surface area contributed by atoms with Gasteiger partial charge < -0.3 is 10.2 Å². The number of nitrogens with one attached hydrogen (secondary N) is 1. The molecule has 0 spiro atoms. The first-order valence-electron chi connectivity index (χ1n) is 6.38. The van der Waals surface area contributed by atoms with Crippen LogP contribution in [0.25, 0.3) is 0 Å². The van der Waals surface area contributed by atoms with Crippen molar-refractivity contribution >= 4 is 23.5 Å². The lowest BCUT2D eigenvalue weighted by Crippen LogP contribution is -2.15. The minimum Gasteiger partial charge on any atom is -0.374 e. The van der Waals surface area contributed by atoms with Crippen LogP contribution in [0.5, 0.6) is 0 Å². The lowest BCUT2D eigenvalue weighted by Gasteiger charge is -2.10. The number of nitro groups is 1. The highest BCUT2D eigenvalue weighted by molar-refractivity contribution is 8.02. The predicted molar refractivity (Wildman–Crippen MR) is 88.9 cm³/mol. The van der Waals surface area contributed by atoms with E-state index in [1.54, 1.807) is 11.8 Å². The molecule has 21 heavy (non-hydrogen) atoms. The molecule has 0 fully saturated rings. The normalized spacial score (nSPS) is 11.7. The third-order valence-electron chi connectivity index (χ3n) is 2.35. The minimum atomic E-state index is -0.446. The molecule has 0 radical (unpaired) electrons. The number of hydrogen-bond donors (Lipinski definition) is 1. The van der Waals surface area contributed by atoms with Gasteiger partial charge in [0, 0.05) is 18.8 Å². The molecule has 0 aliphatic heterocycles. The molecular formula is C13H20N4O2S2. The summed E-state index contributed by atoms with van der Waals surface area (Å²) in [5.74, 6) is 0.800. The van der Waals surface area contributed by atoms with Gasteiger partial charge in [0.05, 0.1) is 15.6 Å². The van der Waals surface area contributed by atoms with E-state index in [1.807, 2.05) is 38.6 Å². The molecule has 1 rings (SSSR count). The second-order valence-corrected chi connectivity index (χ2v) is 6.43. The number of aromatic nitrogens is 1. The third-order valence-corrected chi connectivity index (χ3v) is 3.97. The highest BCUT2D eigenvalue weighted by Gasteiger charge is 2.02. The maximum atomic E-state index is 10.4. The molecule has 0 bridgehead atoms. The summed E-state index contributed by atoms with van der Waals surface area (Å²) in [6, 6.07) is 5.99. The van der Waals surface area contributed by atoms with Crippen molar-refractivity contribution in [1.29, 1.82) is 0 Å². The fraction of sp³-hybridized carbons (Fsp3) is 0.462. The van der Waals surface area contributed by atoms with Gasteiger partial charge in [0.25, 0.3) is 6.20 Å². The maximum Gasteiger partial charge on any atom is 0.263 e. The average Bonchev–Trinajstić information content (AvgIpc) is 2.41. The van der Waals surface area contributed by atoms with E-state index in [4.69, 9.17) is 0 Å². The van der Waals surface area contributed by atoms with Crippen molar-refractivity contribution in [3.8, 4) is 0 Å². The van der Waals surface area contributed by atoms with Gasteiger partial charge in [-0.3, -0.25) is 10.1 Å². The standard InChI is InChI=1S/C13H20N4O2S2/c1-16(2)9-11-5-4-6-12(15-11)21-8-7-14-13(20-3)10-17(18)19/h4-6,10,14H,7-9H2,1-3H3/b13-10-. The van der Waals surface area contributed by atoms with Crippen molar-refractivity contribution in [3.05, 3.63) is 45.2 Å². The van der Waals surface area contributed by atoms with Gasteiger partial charge in [0.15, 0.2) is 0 Å². The number of pyridine rings is 1. The molecule has 0 saturated heterocycles. The van der Waals surface area contributed by atoms with Gasteiger partial charge in [-0.15, -0.1) is 23.5 Å². The summed E-state index contributed by atoms with van der Waals surface area (Å²) in [5.41, 5.74) is 1.04. The molecule has 8 heteroatoms. The van der Waals surface area contributed by atoms with Gasteiger partial charge in [-0.05, 0) is 32.5 Å². The first-order valence-corrected chi connectivity index (χ1v) is 8.59.